The van der Waals surface area contributed by atoms with Crippen LogP contribution in [0.1, 0.15) is 61.6 Å². The van der Waals surface area contributed by atoms with E-state index in [-0.39, 0.29) is 45.0 Å². The van der Waals surface area contributed by atoms with Crippen LogP contribution in [-0.4, -0.2) is 22.6 Å². The number of nitrogens with two attached hydrogens (primary N) is 1. The van der Waals surface area contributed by atoms with Crippen molar-refractivity contribution in [3.63, 3.8) is 0 Å². The first kappa shape index (κ1) is 19.9. The van der Waals surface area contributed by atoms with E-state index in [9.17, 15) is 14.4 Å². The second-order valence-electron chi connectivity index (χ2n) is 7.30. The summed E-state index contributed by atoms with van der Waals surface area (Å²) >= 11 is 1.40. The summed E-state index contributed by atoms with van der Waals surface area (Å²) in [5.41, 5.74) is 8.41. The fraction of sp³-hybridized carbons (Fsp3) is 0.125. The number of anilines is 2. The Hall–Kier alpha value is -3.38. The van der Waals surface area contributed by atoms with E-state index in [0.29, 0.717) is 22.4 Å². The number of rotatable bonds is 5. The maximum Gasteiger partial charge on any atom is 0.196 e. The Kier molecular flexibility index (Phi) is 5.18. The zero-order valence-electron chi connectivity index (χ0n) is 16.6. The van der Waals surface area contributed by atoms with Gasteiger partial charge in [0.05, 0.1) is 22.5 Å². The summed E-state index contributed by atoms with van der Waals surface area (Å²) in [6.45, 7) is 4.00. The predicted molar refractivity (Wildman–Crippen MR) is 120 cm³/mol. The molecular weight excluding hydrogens is 396 g/mol. The van der Waals surface area contributed by atoms with Crippen LogP contribution >= 0.6 is 11.9 Å². The molecule has 5 nitrogen and oxygen atoms in total. The van der Waals surface area contributed by atoms with Gasteiger partial charge in [-0.25, -0.2) is 0 Å². The highest BCUT2D eigenvalue weighted by molar-refractivity contribution is 8.01. The molecule has 0 unspecified atom stereocenters. The van der Waals surface area contributed by atoms with Crippen molar-refractivity contribution in [1.82, 2.24) is 0 Å². The first-order valence-corrected chi connectivity index (χ1v) is 10.4. The molecule has 3 N–H and O–H groups in total. The SMILES string of the molecule is CC(C)SNc1cc(C(=O)c2ccccc2)c(N)c2c1C(=O)c1ccccc1C2=O. The quantitative estimate of drug-likeness (QED) is 0.277. The number of fused-ring (bicyclic) bond motifs is 2. The molecule has 30 heavy (non-hydrogen) atoms. The van der Waals surface area contributed by atoms with Crippen LogP contribution in [0.5, 0.6) is 0 Å². The molecule has 4 rings (SSSR count). The Morgan fingerprint density at radius 2 is 1.47 bits per heavy atom. The van der Waals surface area contributed by atoms with Crippen molar-refractivity contribution in [2.45, 2.75) is 19.1 Å². The fourth-order valence-corrected chi connectivity index (χ4v) is 4.04. The fourth-order valence-electron chi connectivity index (χ4n) is 3.51. The highest BCUT2D eigenvalue weighted by Crippen LogP contribution is 2.39. The summed E-state index contributed by atoms with van der Waals surface area (Å²) in [6, 6.07) is 17.0. The van der Waals surface area contributed by atoms with E-state index in [2.05, 4.69) is 4.72 Å². The first-order valence-electron chi connectivity index (χ1n) is 9.56. The van der Waals surface area contributed by atoms with Gasteiger partial charge in [-0.15, -0.1) is 0 Å². The molecule has 3 aromatic carbocycles. The topological polar surface area (TPSA) is 89.3 Å². The van der Waals surface area contributed by atoms with Gasteiger partial charge in [-0.1, -0.05) is 68.4 Å². The maximum atomic E-state index is 13.3. The van der Waals surface area contributed by atoms with E-state index in [1.807, 2.05) is 19.9 Å². The van der Waals surface area contributed by atoms with Gasteiger partial charge in [0.2, 0.25) is 0 Å². The van der Waals surface area contributed by atoms with Gasteiger partial charge < -0.3 is 10.5 Å². The molecule has 3 aromatic rings. The molecule has 0 aromatic heterocycles. The van der Waals surface area contributed by atoms with Gasteiger partial charge in [0.1, 0.15) is 0 Å². The average molecular weight is 417 g/mol. The lowest BCUT2D eigenvalue weighted by Crippen LogP contribution is -2.25. The molecule has 150 valence electrons. The van der Waals surface area contributed by atoms with Gasteiger partial charge in [0, 0.05) is 27.5 Å². The Bertz CT molecular complexity index is 1190. The van der Waals surface area contributed by atoms with Crippen molar-refractivity contribution in [2.24, 2.45) is 0 Å². The minimum atomic E-state index is -0.349. The van der Waals surface area contributed by atoms with E-state index >= 15 is 0 Å². The molecule has 0 amide bonds. The number of carbonyl (C=O) groups excluding carboxylic acids is 3. The van der Waals surface area contributed by atoms with Crippen molar-refractivity contribution in [3.05, 3.63) is 94.0 Å². The number of ketones is 3. The summed E-state index contributed by atoms with van der Waals surface area (Å²) in [5.74, 6) is -0.928. The molecule has 0 heterocycles. The third-order valence-electron chi connectivity index (χ3n) is 4.92. The summed E-state index contributed by atoms with van der Waals surface area (Å²) in [5, 5.41) is 0.216. The summed E-state index contributed by atoms with van der Waals surface area (Å²) in [6.07, 6.45) is 0. The van der Waals surface area contributed by atoms with E-state index in [1.165, 1.54) is 11.9 Å². The number of nitrogens with one attached hydrogen (secondary N) is 1. The van der Waals surface area contributed by atoms with E-state index in [4.69, 9.17) is 5.73 Å². The maximum absolute atomic E-state index is 13.3. The molecule has 0 atom stereocenters. The smallest absolute Gasteiger partial charge is 0.196 e. The van der Waals surface area contributed by atoms with Gasteiger partial charge in [-0.3, -0.25) is 14.4 Å². The highest BCUT2D eigenvalue weighted by atomic mass is 32.2. The molecule has 0 spiro atoms. The zero-order chi connectivity index (χ0) is 21.4. The molecule has 0 saturated heterocycles. The van der Waals surface area contributed by atoms with E-state index in [1.54, 1.807) is 54.6 Å². The number of nitrogen functional groups attached to an aromatic ring is 1. The lowest BCUT2D eigenvalue weighted by molar-refractivity contribution is 0.0979. The van der Waals surface area contributed by atoms with Gasteiger partial charge in [0.25, 0.3) is 0 Å². The summed E-state index contributed by atoms with van der Waals surface area (Å²) in [4.78, 5) is 39.7. The van der Waals surface area contributed by atoms with Crippen LogP contribution in [0, 0.1) is 0 Å². The Morgan fingerprint density at radius 3 is 2.07 bits per heavy atom. The minimum Gasteiger partial charge on any atom is -0.398 e. The number of hydrogen-bond donors (Lipinski definition) is 2. The summed E-state index contributed by atoms with van der Waals surface area (Å²) in [7, 11) is 0. The third-order valence-corrected chi connectivity index (χ3v) is 5.73. The minimum absolute atomic E-state index is 0.0341. The largest absolute Gasteiger partial charge is 0.398 e. The predicted octanol–water partition coefficient (Wildman–Crippen LogP) is 4.74. The van der Waals surface area contributed by atoms with Crippen molar-refractivity contribution in [1.29, 1.82) is 0 Å². The van der Waals surface area contributed by atoms with Gasteiger partial charge in [-0.05, 0) is 18.0 Å². The van der Waals surface area contributed by atoms with Crippen LogP contribution in [0.4, 0.5) is 11.4 Å². The van der Waals surface area contributed by atoms with Gasteiger partial charge in [-0.2, -0.15) is 0 Å². The number of benzene rings is 3. The van der Waals surface area contributed by atoms with Crippen molar-refractivity contribution >= 4 is 40.7 Å². The third kappa shape index (κ3) is 3.29. The number of hydrogen-bond acceptors (Lipinski definition) is 6. The molecule has 0 aliphatic heterocycles. The molecule has 1 aliphatic rings. The molecule has 0 bridgehead atoms. The van der Waals surface area contributed by atoms with Crippen LogP contribution in [-0.2, 0) is 0 Å². The lowest BCUT2D eigenvalue weighted by atomic mass is 9.80. The molecule has 0 radical (unpaired) electrons. The Balaban J connectivity index is 1.95. The second kappa shape index (κ2) is 7.80. The normalized spacial score (nSPS) is 12.5. The average Bonchev–Trinajstić information content (AvgIpc) is 2.76. The van der Waals surface area contributed by atoms with E-state index < -0.39 is 0 Å². The molecule has 0 saturated carbocycles. The van der Waals surface area contributed by atoms with Crippen LogP contribution in [0.25, 0.3) is 0 Å². The highest BCUT2D eigenvalue weighted by Gasteiger charge is 2.35. The lowest BCUT2D eigenvalue weighted by Gasteiger charge is -2.24. The Morgan fingerprint density at radius 1 is 0.900 bits per heavy atom. The van der Waals surface area contributed by atoms with Crippen LogP contribution < -0.4 is 10.5 Å². The Labute approximate surface area is 178 Å². The molecule has 6 heteroatoms. The zero-order valence-corrected chi connectivity index (χ0v) is 17.4. The molecule has 0 fully saturated rings. The molecular formula is C24H20N2O3S. The van der Waals surface area contributed by atoms with Crippen LogP contribution in [0.3, 0.4) is 0 Å². The van der Waals surface area contributed by atoms with Gasteiger partial charge in [0.15, 0.2) is 17.3 Å². The van der Waals surface area contributed by atoms with Crippen molar-refractivity contribution < 1.29 is 14.4 Å². The van der Waals surface area contributed by atoms with Gasteiger partial charge >= 0.3 is 0 Å². The van der Waals surface area contributed by atoms with Crippen LogP contribution in [0.15, 0.2) is 60.7 Å². The second-order valence-corrected chi connectivity index (χ2v) is 8.69. The first-order chi connectivity index (χ1) is 14.4. The standard InChI is InChI=1S/C24H20N2O3S/c1-13(2)30-26-18-12-17(22(27)14-8-4-3-5-9-14)21(25)20-19(18)23(28)15-10-6-7-11-16(15)24(20)29/h3-13,26H,25H2,1-2H3. The van der Waals surface area contributed by atoms with Crippen LogP contribution in [0.2, 0.25) is 0 Å². The summed E-state index contributed by atoms with van der Waals surface area (Å²) < 4.78 is 3.16. The number of carbonyl (C=O) groups is 3. The monoisotopic (exact) mass is 416 g/mol. The van der Waals surface area contributed by atoms with E-state index in [0.717, 1.165) is 0 Å². The van der Waals surface area contributed by atoms with Crippen molar-refractivity contribution in [3.8, 4) is 0 Å². The molecule has 1 aliphatic carbocycles. The van der Waals surface area contributed by atoms with Crippen molar-refractivity contribution in [2.75, 3.05) is 10.5 Å².